The summed E-state index contributed by atoms with van der Waals surface area (Å²) in [7, 11) is 0. The maximum Gasteiger partial charge on any atom is 0.407 e. The van der Waals surface area contributed by atoms with E-state index < -0.39 is 23.6 Å². The van der Waals surface area contributed by atoms with Gasteiger partial charge in [-0.25, -0.2) is 9.59 Å². The number of carbonyl (C=O) groups is 3. The Balaban J connectivity index is 1.30. The highest BCUT2D eigenvalue weighted by Gasteiger charge is 2.41. The first-order chi connectivity index (χ1) is 15.9. The molecule has 0 radical (unpaired) electrons. The summed E-state index contributed by atoms with van der Waals surface area (Å²) in [5, 5.41) is 15.0. The zero-order valence-corrected chi connectivity index (χ0v) is 18.8. The Hall–Kier alpha value is -3.35. The lowest BCUT2D eigenvalue weighted by Gasteiger charge is -2.34. The molecule has 0 aromatic heterocycles. The van der Waals surface area contributed by atoms with Gasteiger partial charge in [0.05, 0.1) is 0 Å². The highest BCUT2D eigenvalue weighted by molar-refractivity contribution is 5.87. The maximum absolute atomic E-state index is 12.5. The Morgan fingerprint density at radius 1 is 1.00 bits per heavy atom. The smallest absolute Gasteiger partial charge is 0.407 e. The van der Waals surface area contributed by atoms with E-state index in [1.165, 1.54) is 0 Å². The third-order valence-electron chi connectivity index (χ3n) is 6.69. The molecule has 1 atom stereocenters. The highest BCUT2D eigenvalue weighted by Crippen LogP contribution is 2.44. The minimum atomic E-state index is -1.20. The summed E-state index contributed by atoms with van der Waals surface area (Å²) in [6.07, 6.45) is 2.79. The zero-order valence-electron chi connectivity index (χ0n) is 18.8. The van der Waals surface area contributed by atoms with E-state index in [2.05, 4.69) is 34.9 Å². The lowest BCUT2D eigenvalue weighted by Crippen LogP contribution is -2.56. The van der Waals surface area contributed by atoms with Crippen LogP contribution in [0.5, 0.6) is 0 Å². The van der Waals surface area contributed by atoms with Gasteiger partial charge in [0.25, 0.3) is 0 Å². The second-order valence-electron chi connectivity index (χ2n) is 9.07. The van der Waals surface area contributed by atoms with Gasteiger partial charge in [0, 0.05) is 18.4 Å². The molecule has 2 aliphatic rings. The maximum atomic E-state index is 12.5. The summed E-state index contributed by atoms with van der Waals surface area (Å²) in [4.78, 5) is 36.7. The van der Waals surface area contributed by atoms with Crippen LogP contribution in [0.3, 0.4) is 0 Å². The van der Waals surface area contributed by atoms with Gasteiger partial charge in [-0.05, 0) is 42.0 Å². The molecule has 1 fully saturated rings. The number of hydrogen-bond acceptors (Lipinski definition) is 4. The summed E-state index contributed by atoms with van der Waals surface area (Å²) < 4.78 is 5.52. The first-order valence-electron chi connectivity index (χ1n) is 11.6. The largest absolute Gasteiger partial charge is 0.480 e. The molecule has 0 spiro atoms. The van der Waals surface area contributed by atoms with Crippen molar-refractivity contribution in [2.75, 3.05) is 6.61 Å². The van der Waals surface area contributed by atoms with Crippen LogP contribution in [0.15, 0.2) is 48.5 Å². The monoisotopic (exact) mass is 450 g/mol. The molecular weight excluding hydrogens is 420 g/mol. The standard InChI is InChI=1S/C26H30N2O5/c1-17(15-23(29)28-26(24(30)31)13-7-2-8-14-26)27-25(32)33-16-22-20-11-5-3-9-18(20)19-10-4-6-12-21(19)22/h3-6,9-12,17,22H,2,7-8,13-16H2,1H3,(H,27,32)(H,28,29)(H,30,31)/t17-/m0/s1. The van der Waals surface area contributed by atoms with Crippen molar-refractivity contribution in [1.29, 1.82) is 0 Å². The number of amides is 2. The molecule has 2 aromatic rings. The number of alkyl carbamates (subject to hydrolysis) is 1. The summed E-state index contributed by atoms with van der Waals surface area (Å²) >= 11 is 0. The van der Waals surface area contributed by atoms with Crippen LogP contribution in [0.4, 0.5) is 4.79 Å². The van der Waals surface area contributed by atoms with Crippen LogP contribution in [0.1, 0.15) is 62.5 Å². The summed E-state index contributed by atoms with van der Waals surface area (Å²) in [5.41, 5.74) is 3.37. The van der Waals surface area contributed by atoms with Crippen molar-refractivity contribution in [1.82, 2.24) is 10.6 Å². The van der Waals surface area contributed by atoms with E-state index in [4.69, 9.17) is 4.74 Å². The summed E-state index contributed by atoms with van der Waals surface area (Å²) in [6.45, 7) is 1.90. The molecule has 2 aliphatic carbocycles. The van der Waals surface area contributed by atoms with Crippen LogP contribution < -0.4 is 10.6 Å². The Labute approximate surface area is 193 Å². The molecular formula is C26H30N2O5. The predicted molar refractivity (Wildman–Crippen MR) is 124 cm³/mol. The molecule has 4 rings (SSSR count). The fourth-order valence-corrected chi connectivity index (χ4v) is 5.04. The van der Waals surface area contributed by atoms with Gasteiger partial charge in [-0.15, -0.1) is 0 Å². The van der Waals surface area contributed by atoms with Crippen molar-refractivity contribution in [3.8, 4) is 11.1 Å². The van der Waals surface area contributed by atoms with E-state index in [9.17, 15) is 19.5 Å². The van der Waals surface area contributed by atoms with E-state index >= 15 is 0 Å². The quantitative estimate of drug-likeness (QED) is 0.586. The van der Waals surface area contributed by atoms with E-state index in [-0.39, 0.29) is 24.9 Å². The van der Waals surface area contributed by atoms with E-state index in [0.717, 1.165) is 41.5 Å². The van der Waals surface area contributed by atoms with Gasteiger partial charge in [-0.1, -0.05) is 67.8 Å². The number of carboxylic acid groups (broad SMARTS) is 1. The molecule has 174 valence electrons. The fourth-order valence-electron chi connectivity index (χ4n) is 5.04. The molecule has 0 unspecified atom stereocenters. The number of nitrogens with one attached hydrogen (secondary N) is 2. The van der Waals surface area contributed by atoms with Crippen LogP contribution >= 0.6 is 0 Å². The van der Waals surface area contributed by atoms with Crippen molar-refractivity contribution in [2.24, 2.45) is 0 Å². The van der Waals surface area contributed by atoms with Gasteiger partial charge < -0.3 is 20.5 Å². The number of ether oxygens (including phenoxy) is 1. The minimum absolute atomic E-state index is 0.0147. The highest BCUT2D eigenvalue weighted by atomic mass is 16.5. The zero-order chi connectivity index (χ0) is 23.4. The molecule has 0 saturated heterocycles. The molecule has 0 bridgehead atoms. The van der Waals surface area contributed by atoms with Crippen LogP contribution in [-0.4, -0.2) is 41.3 Å². The first-order valence-corrected chi connectivity index (χ1v) is 11.6. The number of rotatable bonds is 7. The van der Waals surface area contributed by atoms with E-state index in [1.54, 1.807) is 6.92 Å². The average molecular weight is 451 g/mol. The third kappa shape index (κ3) is 4.87. The molecule has 7 nitrogen and oxygen atoms in total. The Kier molecular flexibility index (Phi) is 6.67. The SMILES string of the molecule is C[C@@H](CC(=O)NC1(C(=O)O)CCCCC1)NC(=O)OCC1c2ccccc2-c2ccccc21. The van der Waals surface area contributed by atoms with Gasteiger partial charge in [0.15, 0.2) is 0 Å². The van der Waals surface area contributed by atoms with Gasteiger partial charge in [-0.2, -0.15) is 0 Å². The summed E-state index contributed by atoms with van der Waals surface area (Å²) in [6, 6.07) is 15.7. The molecule has 3 N–H and O–H groups in total. The van der Waals surface area contributed by atoms with Gasteiger partial charge in [-0.3, -0.25) is 4.79 Å². The van der Waals surface area contributed by atoms with Gasteiger partial charge in [0.2, 0.25) is 5.91 Å². The van der Waals surface area contributed by atoms with Crippen molar-refractivity contribution in [3.63, 3.8) is 0 Å². The Bertz CT molecular complexity index is 999. The Morgan fingerprint density at radius 2 is 1.58 bits per heavy atom. The lowest BCUT2D eigenvalue weighted by molar-refractivity contribution is -0.149. The number of fused-ring (bicyclic) bond motifs is 3. The number of aliphatic carboxylic acids is 1. The molecule has 2 amide bonds. The van der Waals surface area contributed by atoms with Crippen LogP contribution in [-0.2, 0) is 14.3 Å². The van der Waals surface area contributed by atoms with Gasteiger partial charge >= 0.3 is 12.1 Å². The molecule has 0 aliphatic heterocycles. The Morgan fingerprint density at radius 3 is 2.15 bits per heavy atom. The van der Waals surface area contributed by atoms with Crippen molar-refractivity contribution >= 4 is 18.0 Å². The number of benzene rings is 2. The van der Waals surface area contributed by atoms with Gasteiger partial charge in [0.1, 0.15) is 12.1 Å². The molecule has 1 saturated carbocycles. The molecule has 33 heavy (non-hydrogen) atoms. The topological polar surface area (TPSA) is 105 Å². The normalized spacial score (nSPS) is 17.4. The van der Waals surface area contributed by atoms with Crippen molar-refractivity contribution < 1.29 is 24.2 Å². The van der Waals surface area contributed by atoms with Crippen molar-refractivity contribution in [3.05, 3.63) is 59.7 Å². The molecule has 0 heterocycles. The number of hydrogen-bond donors (Lipinski definition) is 3. The van der Waals surface area contributed by atoms with Crippen molar-refractivity contribution in [2.45, 2.75) is 62.9 Å². The van der Waals surface area contributed by atoms with Crippen LogP contribution in [0, 0.1) is 0 Å². The summed E-state index contributed by atoms with van der Waals surface area (Å²) in [5.74, 6) is -1.41. The first kappa shape index (κ1) is 22.8. The fraction of sp³-hybridized carbons (Fsp3) is 0.423. The van der Waals surface area contributed by atoms with E-state index in [1.807, 2.05) is 24.3 Å². The minimum Gasteiger partial charge on any atom is -0.480 e. The molecule has 2 aromatic carbocycles. The lowest BCUT2D eigenvalue weighted by atomic mass is 9.81. The second kappa shape index (κ2) is 9.65. The number of carboxylic acids is 1. The molecule has 7 heteroatoms. The average Bonchev–Trinajstić information content (AvgIpc) is 3.12. The predicted octanol–water partition coefficient (Wildman–Crippen LogP) is 4.21. The van der Waals surface area contributed by atoms with Crippen LogP contribution in [0.2, 0.25) is 0 Å². The second-order valence-corrected chi connectivity index (χ2v) is 9.07. The number of carbonyl (C=O) groups excluding carboxylic acids is 2. The third-order valence-corrected chi connectivity index (χ3v) is 6.69. The van der Waals surface area contributed by atoms with Crippen LogP contribution in [0.25, 0.3) is 11.1 Å². The van der Waals surface area contributed by atoms with E-state index in [0.29, 0.717) is 12.8 Å².